The van der Waals surface area contributed by atoms with Crippen LogP contribution in [-0.4, -0.2) is 23.7 Å². The van der Waals surface area contributed by atoms with Crippen molar-refractivity contribution in [1.29, 1.82) is 0 Å². The van der Waals surface area contributed by atoms with Gasteiger partial charge in [0, 0.05) is 49.8 Å². The number of pyridine rings is 2. The lowest BCUT2D eigenvalue weighted by molar-refractivity contribution is 1.10. The Morgan fingerprint density at radius 1 is 0.353 bits per heavy atom. The summed E-state index contributed by atoms with van der Waals surface area (Å²) < 4.78 is 6.93. The maximum atomic E-state index is 5.20. The van der Waals surface area contributed by atoms with Gasteiger partial charge in [-0.05, 0) is 66.2 Å². The molecule has 0 aliphatic carbocycles. The number of nitrogens with zero attached hydrogens (tertiary/aromatic N) is 5. The summed E-state index contributed by atoms with van der Waals surface area (Å²) in [5.41, 5.74) is 12.0. The molecule has 238 valence electrons. The molecule has 0 saturated carbocycles. The van der Waals surface area contributed by atoms with Crippen LogP contribution in [0.25, 0.3) is 93.9 Å². The minimum atomic E-state index is 0.918. The highest BCUT2D eigenvalue weighted by Crippen LogP contribution is 2.39. The van der Waals surface area contributed by atoms with E-state index in [9.17, 15) is 0 Å². The summed E-state index contributed by atoms with van der Waals surface area (Å²) in [5.74, 6) is 0. The molecule has 0 unspecified atom stereocenters. The van der Waals surface area contributed by atoms with Gasteiger partial charge in [0.05, 0.1) is 39.6 Å². The predicted octanol–water partition coefficient (Wildman–Crippen LogP) is 11.4. The Bertz CT molecular complexity index is 3050. The van der Waals surface area contributed by atoms with Crippen molar-refractivity contribution < 1.29 is 0 Å². The van der Waals surface area contributed by atoms with Crippen LogP contribution in [0.2, 0.25) is 0 Å². The molecule has 5 heteroatoms. The normalized spacial score (nSPS) is 11.9. The van der Waals surface area contributed by atoms with Gasteiger partial charge in [0.15, 0.2) is 0 Å². The number of benzene rings is 6. The molecule has 11 aromatic rings. The highest BCUT2D eigenvalue weighted by molar-refractivity contribution is 6.11. The molecule has 0 saturated heterocycles. The monoisotopic (exact) mass is 651 g/mol. The average Bonchev–Trinajstić information content (AvgIpc) is 3.84. The van der Waals surface area contributed by atoms with Crippen LogP contribution in [0.1, 0.15) is 0 Å². The molecule has 0 aliphatic rings. The zero-order chi connectivity index (χ0) is 33.5. The second-order valence-corrected chi connectivity index (χ2v) is 13.1. The van der Waals surface area contributed by atoms with E-state index in [0.717, 1.165) is 61.1 Å². The van der Waals surface area contributed by atoms with Crippen LogP contribution in [0.15, 0.2) is 176 Å². The Morgan fingerprint density at radius 2 is 0.882 bits per heavy atom. The maximum Gasteiger partial charge on any atom is 0.145 e. The van der Waals surface area contributed by atoms with Gasteiger partial charge in [-0.1, -0.05) is 103 Å². The van der Waals surface area contributed by atoms with Crippen LogP contribution in [0.5, 0.6) is 0 Å². The smallest absolute Gasteiger partial charge is 0.145 e. The number of fused-ring (bicyclic) bond motifs is 9. The zero-order valence-electron chi connectivity index (χ0n) is 27.5. The van der Waals surface area contributed by atoms with Gasteiger partial charge in [-0.3, -0.25) is 9.13 Å². The number of para-hydroxylation sites is 5. The van der Waals surface area contributed by atoms with E-state index in [2.05, 4.69) is 171 Å². The van der Waals surface area contributed by atoms with Crippen LogP contribution < -0.4 is 0 Å². The van der Waals surface area contributed by atoms with E-state index >= 15 is 0 Å². The van der Waals surface area contributed by atoms with Crippen molar-refractivity contribution in [3.05, 3.63) is 176 Å². The number of hydrogen-bond acceptors (Lipinski definition) is 2. The minimum absolute atomic E-state index is 0.918. The van der Waals surface area contributed by atoms with Crippen LogP contribution in [0.3, 0.4) is 0 Å². The molecule has 0 bridgehead atoms. The fraction of sp³-hybridized carbons (Fsp3) is 0. The molecule has 6 aromatic carbocycles. The summed E-state index contributed by atoms with van der Waals surface area (Å²) in [5, 5.41) is 7.08. The van der Waals surface area contributed by atoms with Crippen molar-refractivity contribution in [3.8, 4) is 28.2 Å². The molecule has 0 N–H and O–H groups in total. The van der Waals surface area contributed by atoms with Crippen LogP contribution in [-0.2, 0) is 0 Å². The van der Waals surface area contributed by atoms with Crippen LogP contribution in [0, 0.1) is 0 Å². The van der Waals surface area contributed by atoms with Crippen molar-refractivity contribution in [2.45, 2.75) is 0 Å². The topological polar surface area (TPSA) is 40.6 Å². The number of rotatable bonds is 4. The molecule has 0 amide bonds. The molecule has 0 aliphatic heterocycles. The van der Waals surface area contributed by atoms with Gasteiger partial charge in [0.1, 0.15) is 11.3 Å². The Labute approximate surface area is 292 Å². The van der Waals surface area contributed by atoms with E-state index in [4.69, 9.17) is 9.97 Å². The molecular formula is C46H29N5. The van der Waals surface area contributed by atoms with Gasteiger partial charge in [-0.2, -0.15) is 0 Å². The first-order valence-corrected chi connectivity index (χ1v) is 17.3. The van der Waals surface area contributed by atoms with Gasteiger partial charge in [-0.25, -0.2) is 9.97 Å². The summed E-state index contributed by atoms with van der Waals surface area (Å²) >= 11 is 0. The highest BCUT2D eigenvalue weighted by atomic mass is 15.1. The van der Waals surface area contributed by atoms with E-state index in [1.54, 1.807) is 0 Å². The standard InChI is InChI=1S/C46H29N5/c1-6-21-40(51-43-24-9-2-16-34(43)35-17-3-10-25-44(35)51)33(15-1)30-13-11-14-31(27-30)49-42-23-8-5-19-37(42)39-28-32(29-48-46(39)49)50-41-22-7-4-18-36(41)38-20-12-26-47-45(38)50/h1-29H. The number of hydrogen-bond donors (Lipinski definition) is 0. The van der Waals surface area contributed by atoms with Crippen molar-refractivity contribution in [2.75, 3.05) is 0 Å². The van der Waals surface area contributed by atoms with Gasteiger partial charge in [-0.15, -0.1) is 0 Å². The van der Waals surface area contributed by atoms with Crippen LogP contribution in [0.4, 0.5) is 0 Å². The van der Waals surface area contributed by atoms with E-state index in [-0.39, 0.29) is 0 Å². The summed E-state index contributed by atoms with van der Waals surface area (Å²) in [6.07, 6.45) is 3.85. The fourth-order valence-electron chi connectivity index (χ4n) is 8.18. The third kappa shape index (κ3) is 4.03. The quantitative estimate of drug-likeness (QED) is 0.190. The predicted molar refractivity (Wildman–Crippen MR) is 210 cm³/mol. The molecule has 5 nitrogen and oxygen atoms in total. The zero-order valence-corrected chi connectivity index (χ0v) is 27.5. The van der Waals surface area contributed by atoms with Gasteiger partial charge in [0.25, 0.3) is 0 Å². The molecule has 11 rings (SSSR count). The van der Waals surface area contributed by atoms with Gasteiger partial charge < -0.3 is 4.57 Å². The van der Waals surface area contributed by atoms with Gasteiger partial charge >= 0.3 is 0 Å². The Kier molecular flexibility index (Phi) is 5.89. The summed E-state index contributed by atoms with van der Waals surface area (Å²) in [4.78, 5) is 10.0. The molecule has 0 fully saturated rings. The first kappa shape index (κ1) is 27.9. The van der Waals surface area contributed by atoms with Crippen molar-refractivity contribution >= 4 is 65.7 Å². The molecule has 5 aromatic heterocycles. The van der Waals surface area contributed by atoms with E-state index in [1.807, 2.05) is 18.5 Å². The molecule has 0 spiro atoms. The Hall–Kier alpha value is -6.98. The lowest BCUT2D eigenvalue weighted by atomic mass is 10.0. The third-order valence-electron chi connectivity index (χ3n) is 10.3. The van der Waals surface area contributed by atoms with E-state index < -0.39 is 0 Å². The lowest BCUT2D eigenvalue weighted by Gasteiger charge is -2.15. The Balaban J connectivity index is 1.12. The second-order valence-electron chi connectivity index (χ2n) is 13.1. The fourth-order valence-corrected chi connectivity index (χ4v) is 8.18. The van der Waals surface area contributed by atoms with Crippen LogP contribution >= 0.6 is 0 Å². The molecular weight excluding hydrogens is 623 g/mol. The molecule has 0 radical (unpaired) electrons. The SMILES string of the molecule is c1cc(-c2ccccc2-n2c3ccccc3c3ccccc32)cc(-n2c3ccccc3c3cc(-n4c5ccccc5c5cccnc54)cnc32)c1. The average molecular weight is 652 g/mol. The van der Waals surface area contributed by atoms with E-state index in [1.165, 1.54) is 32.8 Å². The maximum absolute atomic E-state index is 5.20. The number of aromatic nitrogens is 5. The summed E-state index contributed by atoms with van der Waals surface area (Å²) in [6.45, 7) is 0. The summed E-state index contributed by atoms with van der Waals surface area (Å²) in [7, 11) is 0. The molecule has 0 atom stereocenters. The lowest BCUT2D eigenvalue weighted by Crippen LogP contribution is -2.00. The van der Waals surface area contributed by atoms with Gasteiger partial charge in [0.2, 0.25) is 0 Å². The van der Waals surface area contributed by atoms with E-state index in [0.29, 0.717) is 0 Å². The summed E-state index contributed by atoms with van der Waals surface area (Å²) in [6, 6.07) is 58.5. The van der Waals surface area contributed by atoms with Crippen molar-refractivity contribution in [2.24, 2.45) is 0 Å². The van der Waals surface area contributed by atoms with Crippen molar-refractivity contribution in [3.63, 3.8) is 0 Å². The first-order chi connectivity index (χ1) is 25.3. The highest BCUT2D eigenvalue weighted by Gasteiger charge is 2.19. The second kappa shape index (κ2) is 10.8. The first-order valence-electron chi connectivity index (χ1n) is 17.3. The molecule has 51 heavy (non-hydrogen) atoms. The third-order valence-corrected chi connectivity index (χ3v) is 10.3. The molecule has 5 heterocycles. The minimum Gasteiger partial charge on any atom is -0.309 e. The Morgan fingerprint density at radius 3 is 1.59 bits per heavy atom. The van der Waals surface area contributed by atoms with Crippen molar-refractivity contribution in [1.82, 2.24) is 23.7 Å². The largest absolute Gasteiger partial charge is 0.309 e.